The minimum Gasteiger partial charge on any atom is -0.208 e. The van der Waals surface area contributed by atoms with Gasteiger partial charge in [0.15, 0.2) is 17.5 Å². The molecule has 0 N–H and O–H groups in total. The third-order valence-corrected chi connectivity index (χ3v) is 4.29. The number of rotatable bonds is 4. The summed E-state index contributed by atoms with van der Waals surface area (Å²) in [5.41, 5.74) is 4.26. The average Bonchev–Trinajstić information content (AvgIpc) is 2.75. The highest BCUT2D eigenvalue weighted by atomic mass is 15.0. The van der Waals surface area contributed by atoms with Crippen LogP contribution in [0.3, 0.4) is 0 Å². The van der Waals surface area contributed by atoms with E-state index in [0.717, 1.165) is 23.1 Å². The van der Waals surface area contributed by atoms with E-state index in [-0.39, 0.29) is 0 Å². The van der Waals surface area contributed by atoms with Gasteiger partial charge >= 0.3 is 0 Å². The second kappa shape index (κ2) is 7.28. The average molecular weight is 337 g/mol. The fourth-order valence-corrected chi connectivity index (χ4v) is 2.87. The van der Waals surface area contributed by atoms with E-state index in [4.69, 9.17) is 15.0 Å². The summed E-state index contributed by atoms with van der Waals surface area (Å²) >= 11 is 0. The molecule has 0 aliphatic rings. The van der Waals surface area contributed by atoms with Crippen LogP contribution in [0.4, 0.5) is 0 Å². The molecule has 3 nitrogen and oxygen atoms in total. The highest BCUT2D eigenvalue weighted by Gasteiger charge is 2.12. The van der Waals surface area contributed by atoms with E-state index >= 15 is 0 Å². The summed E-state index contributed by atoms with van der Waals surface area (Å²) in [5, 5.41) is 0. The maximum atomic E-state index is 4.75. The van der Waals surface area contributed by atoms with Crippen molar-refractivity contribution in [2.24, 2.45) is 0 Å². The van der Waals surface area contributed by atoms with Crippen LogP contribution in [0.25, 0.3) is 34.2 Å². The molecule has 0 aliphatic carbocycles. The van der Waals surface area contributed by atoms with Crippen LogP contribution in [0.2, 0.25) is 0 Å². The standard InChI is InChI=1S/C23H19N3/c1-2-17-10-9-15-20(16-17)23-25-21(18-11-5-3-6-12-18)24-22(26-23)19-13-7-4-8-14-19/h3-16H,2H2,1H3. The molecular formula is C23H19N3. The van der Waals surface area contributed by atoms with E-state index in [1.165, 1.54) is 5.56 Å². The molecule has 0 unspecified atom stereocenters. The summed E-state index contributed by atoms with van der Waals surface area (Å²) in [6.45, 7) is 2.15. The molecule has 1 aromatic heterocycles. The minimum absolute atomic E-state index is 0.691. The SMILES string of the molecule is CCc1cccc(-c2nc(-c3ccccc3)nc(-c3ccccc3)n2)c1. The second-order valence-electron chi connectivity index (χ2n) is 6.09. The zero-order valence-electron chi connectivity index (χ0n) is 14.6. The van der Waals surface area contributed by atoms with E-state index in [2.05, 4.69) is 31.2 Å². The van der Waals surface area contributed by atoms with E-state index in [0.29, 0.717) is 17.5 Å². The Labute approximate surface area is 153 Å². The normalized spacial score (nSPS) is 10.7. The molecule has 126 valence electrons. The molecule has 0 spiro atoms. The highest BCUT2D eigenvalue weighted by Crippen LogP contribution is 2.24. The van der Waals surface area contributed by atoms with Crippen LogP contribution in [0.5, 0.6) is 0 Å². The first-order chi connectivity index (χ1) is 12.8. The largest absolute Gasteiger partial charge is 0.208 e. The minimum atomic E-state index is 0.691. The molecular weight excluding hydrogens is 318 g/mol. The summed E-state index contributed by atoms with van der Waals surface area (Å²) in [4.78, 5) is 14.2. The second-order valence-corrected chi connectivity index (χ2v) is 6.09. The van der Waals surface area contributed by atoms with Crippen molar-refractivity contribution in [1.82, 2.24) is 15.0 Å². The number of hydrogen-bond donors (Lipinski definition) is 0. The zero-order valence-corrected chi connectivity index (χ0v) is 14.6. The molecule has 3 heteroatoms. The molecule has 0 fully saturated rings. The Bertz CT molecular complexity index is 954. The predicted octanol–water partition coefficient (Wildman–Crippen LogP) is 5.44. The topological polar surface area (TPSA) is 38.7 Å². The van der Waals surface area contributed by atoms with Crippen molar-refractivity contribution in [3.63, 3.8) is 0 Å². The Morgan fingerprint density at radius 3 is 1.50 bits per heavy atom. The molecule has 0 bridgehead atoms. The van der Waals surface area contributed by atoms with Gasteiger partial charge in [0.05, 0.1) is 0 Å². The van der Waals surface area contributed by atoms with Gasteiger partial charge in [-0.3, -0.25) is 0 Å². The third-order valence-electron chi connectivity index (χ3n) is 4.29. The highest BCUT2D eigenvalue weighted by molar-refractivity contribution is 5.66. The van der Waals surface area contributed by atoms with Gasteiger partial charge in [-0.15, -0.1) is 0 Å². The zero-order chi connectivity index (χ0) is 17.8. The van der Waals surface area contributed by atoms with Crippen molar-refractivity contribution < 1.29 is 0 Å². The van der Waals surface area contributed by atoms with Crippen molar-refractivity contribution in [2.45, 2.75) is 13.3 Å². The van der Waals surface area contributed by atoms with E-state index in [1.54, 1.807) is 0 Å². The smallest absolute Gasteiger partial charge is 0.164 e. The van der Waals surface area contributed by atoms with Crippen molar-refractivity contribution in [1.29, 1.82) is 0 Å². The monoisotopic (exact) mass is 337 g/mol. The van der Waals surface area contributed by atoms with Crippen LogP contribution in [-0.2, 0) is 6.42 Å². The Hall–Kier alpha value is -3.33. The molecule has 1 heterocycles. The van der Waals surface area contributed by atoms with Crippen LogP contribution in [0.15, 0.2) is 84.9 Å². The maximum Gasteiger partial charge on any atom is 0.164 e. The van der Waals surface area contributed by atoms with Gasteiger partial charge in [0.1, 0.15) is 0 Å². The Morgan fingerprint density at radius 1 is 0.538 bits per heavy atom. The van der Waals surface area contributed by atoms with Crippen molar-refractivity contribution in [2.75, 3.05) is 0 Å². The van der Waals surface area contributed by atoms with Crippen molar-refractivity contribution in [3.8, 4) is 34.2 Å². The van der Waals surface area contributed by atoms with Gasteiger partial charge in [-0.05, 0) is 18.1 Å². The summed E-state index contributed by atoms with van der Waals surface area (Å²) < 4.78 is 0. The maximum absolute atomic E-state index is 4.75. The first-order valence-corrected chi connectivity index (χ1v) is 8.80. The van der Waals surface area contributed by atoms with Gasteiger partial charge in [-0.2, -0.15) is 0 Å². The fraction of sp³-hybridized carbons (Fsp3) is 0.0870. The van der Waals surface area contributed by atoms with Crippen molar-refractivity contribution in [3.05, 3.63) is 90.5 Å². The van der Waals surface area contributed by atoms with Crippen LogP contribution < -0.4 is 0 Å². The molecule has 0 amide bonds. The van der Waals surface area contributed by atoms with Crippen LogP contribution >= 0.6 is 0 Å². The van der Waals surface area contributed by atoms with Crippen LogP contribution in [0.1, 0.15) is 12.5 Å². The van der Waals surface area contributed by atoms with Gasteiger partial charge in [0.25, 0.3) is 0 Å². The number of benzene rings is 3. The van der Waals surface area contributed by atoms with Crippen molar-refractivity contribution >= 4 is 0 Å². The third kappa shape index (κ3) is 3.38. The lowest BCUT2D eigenvalue weighted by Gasteiger charge is -2.09. The summed E-state index contributed by atoms with van der Waals surface area (Å²) in [6, 6.07) is 28.5. The van der Waals surface area contributed by atoms with E-state index in [9.17, 15) is 0 Å². The lowest BCUT2D eigenvalue weighted by Crippen LogP contribution is -2.00. The van der Waals surface area contributed by atoms with Gasteiger partial charge < -0.3 is 0 Å². The van der Waals surface area contributed by atoms with E-state index in [1.807, 2.05) is 60.7 Å². The molecule has 0 saturated carbocycles. The summed E-state index contributed by atoms with van der Waals surface area (Å²) in [7, 11) is 0. The number of aryl methyl sites for hydroxylation is 1. The van der Waals surface area contributed by atoms with Crippen LogP contribution in [-0.4, -0.2) is 15.0 Å². The molecule has 3 aromatic carbocycles. The van der Waals surface area contributed by atoms with Gasteiger partial charge in [-0.25, -0.2) is 15.0 Å². The molecule has 26 heavy (non-hydrogen) atoms. The van der Waals surface area contributed by atoms with Gasteiger partial charge in [0.2, 0.25) is 0 Å². The lowest BCUT2D eigenvalue weighted by molar-refractivity contribution is 1.07. The van der Waals surface area contributed by atoms with Gasteiger partial charge in [0, 0.05) is 16.7 Å². The predicted molar refractivity (Wildman–Crippen MR) is 106 cm³/mol. The summed E-state index contributed by atoms with van der Waals surface area (Å²) in [5.74, 6) is 2.08. The molecule has 0 saturated heterocycles. The Balaban J connectivity index is 1.90. The van der Waals surface area contributed by atoms with Crippen LogP contribution in [0, 0.1) is 0 Å². The first-order valence-electron chi connectivity index (χ1n) is 8.80. The fourth-order valence-electron chi connectivity index (χ4n) is 2.87. The van der Waals surface area contributed by atoms with E-state index < -0.39 is 0 Å². The molecule has 4 rings (SSSR count). The quantitative estimate of drug-likeness (QED) is 0.498. The number of aromatic nitrogens is 3. The molecule has 0 atom stereocenters. The summed E-state index contributed by atoms with van der Waals surface area (Å²) in [6.07, 6.45) is 0.982. The Morgan fingerprint density at radius 2 is 1.00 bits per heavy atom. The number of nitrogens with zero attached hydrogens (tertiary/aromatic N) is 3. The lowest BCUT2D eigenvalue weighted by atomic mass is 10.1. The first kappa shape index (κ1) is 16.2. The molecule has 0 radical (unpaired) electrons. The molecule has 4 aromatic rings. The van der Waals surface area contributed by atoms with Gasteiger partial charge in [-0.1, -0.05) is 85.8 Å². The number of hydrogen-bond acceptors (Lipinski definition) is 3. The Kier molecular flexibility index (Phi) is 4.52. The molecule has 0 aliphatic heterocycles.